The van der Waals surface area contributed by atoms with Crippen molar-refractivity contribution in [2.75, 3.05) is 13.7 Å². The Morgan fingerprint density at radius 1 is 0.980 bits per heavy atom. The molecule has 1 aromatic carbocycles. The molecule has 2 aliphatic heterocycles. The topological polar surface area (TPSA) is 131 Å². The van der Waals surface area contributed by atoms with Gasteiger partial charge in [0.2, 0.25) is 31.9 Å². The van der Waals surface area contributed by atoms with Crippen LogP contribution in [0.25, 0.3) is 10.9 Å². The van der Waals surface area contributed by atoms with Gasteiger partial charge in [-0.2, -0.15) is 4.73 Å². The summed E-state index contributed by atoms with van der Waals surface area (Å²) in [5.74, 6) is -0.582. The zero-order valence-electron chi connectivity index (χ0n) is 30.5. The molecule has 3 heterocycles. The summed E-state index contributed by atoms with van der Waals surface area (Å²) in [6.07, 6.45) is 10.4. The molecule has 0 bridgehead atoms. The van der Waals surface area contributed by atoms with E-state index in [0.29, 0.717) is 32.2 Å². The van der Waals surface area contributed by atoms with Gasteiger partial charge in [0.15, 0.2) is 0 Å². The molecule has 0 spiro atoms. The Labute approximate surface area is 292 Å². The van der Waals surface area contributed by atoms with Crippen LogP contribution in [-0.4, -0.2) is 79.4 Å². The van der Waals surface area contributed by atoms with Gasteiger partial charge in [-0.1, -0.05) is 57.4 Å². The number of nitrogens with zero attached hydrogens (tertiary/aromatic N) is 2. The van der Waals surface area contributed by atoms with Gasteiger partial charge in [-0.3, -0.25) is 19.2 Å². The second-order valence-electron chi connectivity index (χ2n) is 14.5. The number of carbonyl (C=O) groups excluding carboxylic acids is 4. The van der Waals surface area contributed by atoms with Gasteiger partial charge >= 0.3 is 0 Å². The fourth-order valence-electron chi connectivity index (χ4n) is 6.83. The number of hydrogen-bond donors (Lipinski definition) is 3. The summed E-state index contributed by atoms with van der Waals surface area (Å²) < 4.78 is 7.82. The van der Waals surface area contributed by atoms with Crippen LogP contribution in [0.5, 0.6) is 0 Å². The molecule has 4 rings (SSSR count). The van der Waals surface area contributed by atoms with Crippen LogP contribution in [0, 0.1) is 5.92 Å². The third-order valence-electron chi connectivity index (χ3n) is 9.69. The minimum atomic E-state index is -1.71. The highest BCUT2D eigenvalue weighted by Crippen LogP contribution is 2.25. The first kappa shape index (κ1) is 38.0. The fourth-order valence-corrected chi connectivity index (χ4v) is 7.83. The lowest BCUT2D eigenvalue weighted by Gasteiger charge is -2.39. The molecule has 3 N–H and O–H groups in total. The van der Waals surface area contributed by atoms with E-state index < -0.39 is 44.3 Å². The lowest BCUT2D eigenvalue weighted by molar-refractivity contribution is -0.147. The van der Waals surface area contributed by atoms with E-state index in [2.05, 4.69) is 35.6 Å². The summed E-state index contributed by atoms with van der Waals surface area (Å²) in [5.41, 5.74) is 1.65. The Morgan fingerprint density at radius 2 is 1.69 bits per heavy atom. The summed E-state index contributed by atoms with van der Waals surface area (Å²) in [4.78, 5) is 63.4. The average molecular weight is 696 g/mol. The molecule has 270 valence electrons. The average Bonchev–Trinajstić information content (AvgIpc) is 3.44. The van der Waals surface area contributed by atoms with E-state index in [9.17, 15) is 19.2 Å². The van der Waals surface area contributed by atoms with Crippen molar-refractivity contribution in [3.63, 3.8) is 0 Å². The maximum Gasteiger partial charge on any atom is 0.246 e. The normalized spacial score (nSPS) is 23.5. The molecule has 12 heteroatoms. The number of piperidine rings is 1. The molecule has 2 aromatic rings. The molecule has 4 amide bonds. The predicted molar refractivity (Wildman–Crippen MR) is 194 cm³/mol. The molecule has 49 heavy (non-hydrogen) atoms. The number of hydrogen-bond acceptors (Lipinski definition) is 6. The molecule has 0 aliphatic carbocycles. The fraction of sp³-hybridized carbons (Fsp3) is 0.622. The molecule has 1 aromatic heterocycles. The Bertz CT molecular complexity index is 1500. The second kappa shape index (κ2) is 17.2. The highest BCUT2D eigenvalue weighted by atomic mass is 28.4. The quantitative estimate of drug-likeness (QED) is 0.156. The van der Waals surface area contributed by atoms with Crippen LogP contribution in [-0.2, 0) is 30.0 Å². The van der Waals surface area contributed by atoms with Gasteiger partial charge in [0.05, 0.1) is 11.3 Å². The zero-order valence-corrected chi connectivity index (χ0v) is 31.5. The number of para-hydroxylation sites is 1. The molecular weight excluding hydrogens is 639 g/mol. The van der Waals surface area contributed by atoms with Crippen molar-refractivity contribution in [1.29, 1.82) is 0 Å². The third kappa shape index (κ3) is 9.89. The lowest BCUT2D eigenvalue weighted by Crippen LogP contribution is -2.64. The van der Waals surface area contributed by atoms with E-state index in [0.717, 1.165) is 54.3 Å². The molecule has 2 fully saturated rings. The number of nitrogens with one attached hydrogen (secondary N) is 3. The zero-order chi connectivity index (χ0) is 35.7. The van der Waals surface area contributed by atoms with Gasteiger partial charge in [0.1, 0.15) is 31.3 Å². The van der Waals surface area contributed by atoms with Crippen molar-refractivity contribution in [3.8, 4) is 0 Å². The molecule has 0 saturated carbocycles. The number of aromatic nitrogens is 1. The molecule has 11 nitrogen and oxygen atoms in total. The smallest absolute Gasteiger partial charge is 0.246 e. The molecule has 5 atom stereocenters. The lowest BCUT2D eigenvalue weighted by atomic mass is 9.93. The van der Waals surface area contributed by atoms with Crippen LogP contribution >= 0.6 is 0 Å². The number of amides is 4. The summed E-state index contributed by atoms with van der Waals surface area (Å²) in [7, 11) is -0.135. The highest BCUT2D eigenvalue weighted by Gasteiger charge is 2.41. The molecular formula is C37H57N5O6Si. The summed E-state index contributed by atoms with van der Waals surface area (Å²) >= 11 is 0. The highest BCUT2D eigenvalue weighted by molar-refractivity contribution is 6.70. The molecule has 1 unspecified atom stereocenters. The maximum atomic E-state index is 14.2. The first-order valence-corrected chi connectivity index (χ1v) is 21.5. The minimum absolute atomic E-state index is 0.173. The van der Waals surface area contributed by atoms with Crippen molar-refractivity contribution in [1.82, 2.24) is 25.6 Å². The van der Waals surface area contributed by atoms with Gasteiger partial charge < -0.3 is 30.1 Å². The van der Waals surface area contributed by atoms with E-state index in [1.54, 1.807) is 16.7 Å². The van der Waals surface area contributed by atoms with Crippen LogP contribution < -0.4 is 20.8 Å². The van der Waals surface area contributed by atoms with Crippen LogP contribution in [0.15, 0.2) is 42.3 Å². The SMILES string of the molecule is C/C=C(/CCCCC[C@@H]1NC(=O)[C@H]2CCCCN2C(=O)[C@H](C(C)CC)NC(=O)[C@H](Cc2cn(OC)c3ccccc23)NC1=O)O[Si](C)(C)C. The Hall–Kier alpha value is -3.80. The Kier molecular flexibility index (Phi) is 13.4. The van der Waals surface area contributed by atoms with Gasteiger partial charge in [-0.25, -0.2) is 0 Å². The van der Waals surface area contributed by atoms with Crippen LogP contribution in [0.3, 0.4) is 0 Å². The Morgan fingerprint density at radius 3 is 2.39 bits per heavy atom. The number of rotatable bonds is 13. The van der Waals surface area contributed by atoms with Crippen molar-refractivity contribution >= 4 is 42.8 Å². The monoisotopic (exact) mass is 695 g/mol. The van der Waals surface area contributed by atoms with E-state index in [4.69, 9.17) is 9.26 Å². The predicted octanol–water partition coefficient (Wildman–Crippen LogP) is 4.84. The second-order valence-corrected chi connectivity index (χ2v) is 18.9. The molecule has 2 saturated heterocycles. The number of allylic oxidation sites excluding steroid dienone is 2. The van der Waals surface area contributed by atoms with Crippen molar-refractivity contribution in [2.24, 2.45) is 5.92 Å². The third-order valence-corrected chi connectivity index (χ3v) is 10.6. The molecule has 2 aliphatic rings. The standard InChI is InChI=1S/C37H57N5O6Si/c1-8-25(3)33-37(46)41-22-16-15-21-32(41)36(45)38-29(19-12-10-11-17-27(9-2)48-49(5,6)7)34(43)39-30(35(44)40-33)23-26-24-42(47-4)31-20-14-13-18-28(26)31/h9,13-14,18,20,24-25,29-30,32-33H,8,10-12,15-17,19,21-23H2,1-7H3,(H,38,45)(H,39,43)(H,40,44)/b27-9-/t25?,29-,30-,32+,33-/m0/s1. The van der Waals surface area contributed by atoms with Crippen LogP contribution in [0.4, 0.5) is 0 Å². The first-order valence-electron chi connectivity index (χ1n) is 18.1. The van der Waals surface area contributed by atoms with Gasteiger partial charge in [-0.05, 0) is 76.2 Å². The van der Waals surface area contributed by atoms with Crippen molar-refractivity contribution < 1.29 is 28.4 Å². The number of benzene rings is 1. The van der Waals surface area contributed by atoms with E-state index in [-0.39, 0.29) is 24.2 Å². The van der Waals surface area contributed by atoms with Gasteiger partial charge in [0, 0.05) is 31.0 Å². The van der Waals surface area contributed by atoms with Crippen molar-refractivity contribution in [3.05, 3.63) is 47.9 Å². The number of unbranched alkanes of at least 4 members (excludes halogenated alkanes) is 2. The summed E-state index contributed by atoms with van der Waals surface area (Å²) in [6.45, 7) is 12.8. The van der Waals surface area contributed by atoms with Gasteiger partial charge in [-0.15, -0.1) is 0 Å². The van der Waals surface area contributed by atoms with E-state index >= 15 is 0 Å². The van der Waals surface area contributed by atoms with Crippen molar-refractivity contribution in [2.45, 2.75) is 129 Å². The summed E-state index contributed by atoms with van der Waals surface area (Å²) in [5, 5.41) is 9.92. The van der Waals surface area contributed by atoms with Crippen LogP contribution in [0.1, 0.15) is 84.1 Å². The van der Waals surface area contributed by atoms with E-state index in [1.165, 1.54) is 0 Å². The minimum Gasteiger partial charge on any atom is -0.548 e. The van der Waals surface area contributed by atoms with Crippen LogP contribution in [0.2, 0.25) is 19.6 Å². The molecule has 0 radical (unpaired) electrons. The van der Waals surface area contributed by atoms with Gasteiger partial charge in [0.25, 0.3) is 0 Å². The Balaban J connectivity index is 1.61. The first-order chi connectivity index (χ1) is 23.4. The van der Waals surface area contributed by atoms with E-state index in [1.807, 2.05) is 57.3 Å². The maximum absolute atomic E-state index is 14.2. The summed E-state index contributed by atoms with van der Waals surface area (Å²) in [6, 6.07) is 4.35. The largest absolute Gasteiger partial charge is 0.548 e. The number of fused-ring (bicyclic) bond motifs is 2. The number of carbonyl (C=O) groups is 4.